The van der Waals surface area contributed by atoms with Gasteiger partial charge in [0, 0.05) is 25.4 Å². The van der Waals surface area contributed by atoms with Gasteiger partial charge in [0.2, 0.25) is 5.95 Å². The summed E-state index contributed by atoms with van der Waals surface area (Å²) in [4.78, 5) is 14.6. The number of hydrogen-bond acceptors (Lipinski definition) is 4. The van der Waals surface area contributed by atoms with Crippen molar-refractivity contribution in [3.8, 4) is 0 Å². The quantitative estimate of drug-likeness (QED) is 0.784. The Morgan fingerprint density at radius 3 is 2.73 bits per heavy atom. The maximum Gasteiger partial charge on any atom is 0.222 e. The van der Waals surface area contributed by atoms with Gasteiger partial charge in [0.25, 0.3) is 0 Å². The molecule has 0 aliphatic rings. The molecular weight excluding hydrogens is 197 g/mol. The molecule has 0 aromatic carbocycles. The fourth-order valence-electron chi connectivity index (χ4n) is 1.13. The molecule has 0 aliphatic carbocycles. The van der Waals surface area contributed by atoms with Crippen LogP contribution in [0.2, 0.25) is 0 Å². The predicted molar refractivity (Wildman–Crippen MR) is 52.8 cm³/mol. The summed E-state index contributed by atoms with van der Waals surface area (Å²) in [7, 11) is 0. The van der Waals surface area contributed by atoms with Crippen LogP contribution in [0.4, 0.5) is 10.3 Å². The predicted octanol–water partition coefficient (Wildman–Crippen LogP) is 0.993. The third kappa shape index (κ3) is 2.73. The van der Waals surface area contributed by atoms with Gasteiger partial charge in [-0.1, -0.05) is 0 Å². The Hall–Kier alpha value is -1.98. The first-order valence-corrected chi connectivity index (χ1v) is 4.54. The second-order valence-corrected chi connectivity index (χ2v) is 2.94. The van der Waals surface area contributed by atoms with E-state index in [0.29, 0.717) is 12.5 Å². The molecule has 0 aliphatic heterocycles. The van der Waals surface area contributed by atoms with Crippen LogP contribution in [0.15, 0.2) is 24.8 Å². The smallest absolute Gasteiger partial charge is 0.222 e. The Balaban J connectivity index is 1.81. The highest BCUT2D eigenvalue weighted by molar-refractivity contribution is 5.22. The molecule has 0 bridgehead atoms. The maximum atomic E-state index is 12.5. The number of aromatic nitrogens is 4. The second-order valence-electron chi connectivity index (χ2n) is 2.94. The van der Waals surface area contributed by atoms with Gasteiger partial charge in [0.1, 0.15) is 5.82 Å². The molecule has 2 heterocycles. The molecule has 0 saturated carbocycles. The van der Waals surface area contributed by atoms with Gasteiger partial charge in [-0.2, -0.15) is 0 Å². The summed E-state index contributed by atoms with van der Waals surface area (Å²) < 4.78 is 12.5. The van der Waals surface area contributed by atoms with E-state index < -0.39 is 5.82 Å². The van der Waals surface area contributed by atoms with E-state index in [1.54, 1.807) is 12.4 Å². The minimum Gasteiger partial charge on any atom is -0.354 e. The third-order valence-corrected chi connectivity index (χ3v) is 1.82. The van der Waals surface area contributed by atoms with Crippen molar-refractivity contribution in [2.45, 2.75) is 6.42 Å². The van der Waals surface area contributed by atoms with Crippen LogP contribution in [0.25, 0.3) is 0 Å². The lowest BCUT2D eigenvalue weighted by atomic mass is 10.4. The van der Waals surface area contributed by atoms with Crippen molar-refractivity contribution in [1.29, 1.82) is 0 Å². The summed E-state index contributed by atoms with van der Waals surface area (Å²) in [5, 5.41) is 2.96. The normalized spacial score (nSPS) is 10.2. The van der Waals surface area contributed by atoms with Crippen molar-refractivity contribution in [2.75, 3.05) is 11.9 Å². The summed E-state index contributed by atoms with van der Waals surface area (Å²) in [6.07, 6.45) is 6.46. The molecule has 0 unspecified atom stereocenters. The zero-order valence-electron chi connectivity index (χ0n) is 7.94. The van der Waals surface area contributed by atoms with Crippen LogP contribution >= 0.6 is 0 Å². The highest BCUT2D eigenvalue weighted by atomic mass is 19.1. The molecule has 0 radical (unpaired) electrons. The highest BCUT2D eigenvalue weighted by Crippen LogP contribution is 1.98. The van der Waals surface area contributed by atoms with Gasteiger partial charge in [-0.15, -0.1) is 0 Å². The molecule has 0 spiro atoms. The molecule has 6 heteroatoms. The van der Waals surface area contributed by atoms with Gasteiger partial charge in [-0.05, 0) is 0 Å². The molecule has 0 fully saturated rings. The summed E-state index contributed by atoms with van der Waals surface area (Å²) >= 11 is 0. The van der Waals surface area contributed by atoms with Crippen LogP contribution in [0.3, 0.4) is 0 Å². The Labute approximate surface area is 85.8 Å². The van der Waals surface area contributed by atoms with Crippen LogP contribution < -0.4 is 5.32 Å². The first-order chi connectivity index (χ1) is 7.34. The summed E-state index contributed by atoms with van der Waals surface area (Å²) in [6.45, 7) is 0.652. The average molecular weight is 207 g/mol. The SMILES string of the molecule is Fc1cnc(NCCc2ncc[nH]2)nc1. The summed E-state index contributed by atoms with van der Waals surface area (Å²) in [6, 6.07) is 0. The third-order valence-electron chi connectivity index (χ3n) is 1.82. The second kappa shape index (κ2) is 4.50. The van der Waals surface area contributed by atoms with E-state index in [1.807, 2.05) is 0 Å². The molecule has 0 amide bonds. The Kier molecular flexibility index (Phi) is 2.87. The van der Waals surface area contributed by atoms with Crippen molar-refractivity contribution >= 4 is 5.95 Å². The lowest BCUT2D eigenvalue weighted by molar-refractivity contribution is 0.614. The van der Waals surface area contributed by atoms with Gasteiger partial charge in [0.05, 0.1) is 12.4 Å². The molecular formula is C9H10FN5. The molecule has 2 N–H and O–H groups in total. The average Bonchev–Trinajstić information content (AvgIpc) is 2.74. The van der Waals surface area contributed by atoms with Crippen LogP contribution in [0.5, 0.6) is 0 Å². The van der Waals surface area contributed by atoms with E-state index in [0.717, 1.165) is 24.6 Å². The van der Waals surface area contributed by atoms with Crippen molar-refractivity contribution < 1.29 is 4.39 Å². The minimum absolute atomic E-state index is 0.419. The van der Waals surface area contributed by atoms with Crippen molar-refractivity contribution in [3.63, 3.8) is 0 Å². The number of nitrogens with one attached hydrogen (secondary N) is 2. The number of H-pyrrole nitrogens is 1. The van der Waals surface area contributed by atoms with Crippen molar-refractivity contribution in [1.82, 2.24) is 19.9 Å². The van der Waals surface area contributed by atoms with Gasteiger partial charge in [-0.3, -0.25) is 0 Å². The van der Waals surface area contributed by atoms with Crippen LogP contribution in [-0.4, -0.2) is 26.5 Å². The van der Waals surface area contributed by atoms with E-state index in [1.165, 1.54) is 0 Å². The largest absolute Gasteiger partial charge is 0.354 e. The molecule has 0 saturated heterocycles. The van der Waals surface area contributed by atoms with Gasteiger partial charge >= 0.3 is 0 Å². The summed E-state index contributed by atoms with van der Waals surface area (Å²) in [5.74, 6) is 0.874. The molecule has 2 aromatic rings. The number of imidazole rings is 1. The molecule has 2 aromatic heterocycles. The minimum atomic E-state index is -0.438. The topological polar surface area (TPSA) is 66.5 Å². The summed E-state index contributed by atoms with van der Waals surface area (Å²) in [5.41, 5.74) is 0. The van der Waals surface area contributed by atoms with E-state index in [4.69, 9.17) is 0 Å². The van der Waals surface area contributed by atoms with Crippen LogP contribution in [0, 0.1) is 5.82 Å². The molecule has 78 valence electrons. The van der Waals surface area contributed by atoms with E-state index >= 15 is 0 Å². The number of aromatic amines is 1. The van der Waals surface area contributed by atoms with Gasteiger partial charge in [-0.25, -0.2) is 19.3 Å². The number of nitrogens with zero attached hydrogens (tertiary/aromatic N) is 3. The molecule has 0 atom stereocenters. The zero-order chi connectivity index (χ0) is 10.5. The van der Waals surface area contributed by atoms with Crippen LogP contribution in [-0.2, 0) is 6.42 Å². The van der Waals surface area contributed by atoms with Gasteiger partial charge in [0.15, 0.2) is 5.82 Å². The number of hydrogen-bond donors (Lipinski definition) is 2. The van der Waals surface area contributed by atoms with E-state index in [9.17, 15) is 4.39 Å². The van der Waals surface area contributed by atoms with Crippen molar-refractivity contribution in [3.05, 3.63) is 36.4 Å². The molecule has 15 heavy (non-hydrogen) atoms. The fourth-order valence-corrected chi connectivity index (χ4v) is 1.13. The Bertz CT molecular complexity index is 397. The van der Waals surface area contributed by atoms with E-state index in [-0.39, 0.29) is 0 Å². The molecule has 5 nitrogen and oxygen atoms in total. The van der Waals surface area contributed by atoms with Gasteiger partial charge < -0.3 is 10.3 Å². The first kappa shape index (κ1) is 9.57. The van der Waals surface area contributed by atoms with E-state index in [2.05, 4.69) is 25.3 Å². The van der Waals surface area contributed by atoms with Crippen LogP contribution in [0.1, 0.15) is 5.82 Å². The number of anilines is 1. The monoisotopic (exact) mass is 207 g/mol. The lowest BCUT2D eigenvalue weighted by Crippen LogP contribution is -2.08. The van der Waals surface area contributed by atoms with Crippen molar-refractivity contribution in [2.24, 2.45) is 0 Å². The number of rotatable bonds is 4. The maximum absolute atomic E-state index is 12.5. The molecule has 2 rings (SSSR count). The Morgan fingerprint density at radius 1 is 1.27 bits per heavy atom. The fraction of sp³-hybridized carbons (Fsp3) is 0.222. The highest BCUT2D eigenvalue weighted by Gasteiger charge is 1.97. The zero-order valence-corrected chi connectivity index (χ0v) is 7.94. The number of halogens is 1. The Morgan fingerprint density at radius 2 is 2.07 bits per heavy atom. The first-order valence-electron chi connectivity index (χ1n) is 4.54. The standard InChI is InChI=1S/C9H10FN5/c10-7-5-14-9(15-6-7)13-2-1-8-11-3-4-12-8/h3-6H,1-2H2,(H,11,12)(H,13,14,15). The lowest BCUT2D eigenvalue weighted by Gasteiger charge is -2.01.